The molecule has 3 aromatic carbocycles. The zero-order valence-electron chi connectivity index (χ0n) is 25.1. The van der Waals surface area contributed by atoms with Crippen LogP contribution in [0.5, 0.6) is 5.75 Å². The molecule has 1 saturated heterocycles. The summed E-state index contributed by atoms with van der Waals surface area (Å²) in [5, 5.41) is 0. The van der Waals surface area contributed by atoms with Crippen molar-refractivity contribution in [2.45, 2.75) is 62.0 Å². The minimum absolute atomic E-state index is 0.00377. The molecule has 9 nitrogen and oxygen atoms in total. The summed E-state index contributed by atoms with van der Waals surface area (Å²) < 4.78 is 37.5. The molecule has 3 aromatic rings. The van der Waals surface area contributed by atoms with Gasteiger partial charge in [0.15, 0.2) is 0 Å². The summed E-state index contributed by atoms with van der Waals surface area (Å²) in [5.74, 6) is -0.318. The van der Waals surface area contributed by atoms with Crippen LogP contribution in [0.2, 0.25) is 0 Å². The Morgan fingerprint density at radius 1 is 0.930 bits per heavy atom. The molecule has 0 spiro atoms. The monoisotopic (exact) mass is 608 g/mol. The number of methoxy groups -OCH3 is 1. The number of amides is 1. The summed E-state index contributed by atoms with van der Waals surface area (Å²) in [5.41, 5.74) is 3.62. The summed E-state index contributed by atoms with van der Waals surface area (Å²) in [6.45, 7) is 6.49. The maximum Gasteiger partial charge on any atom is 0.410 e. The number of piperidine rings is 1. The molecule has 0 bridgehead atoms. The normalized spacial score (nSPS) is 15.0. The Morgan fingerprint density at radius 3 is 2.19 bits per heavy atom. The molecular weight excluding hydrogens is 568 g/mol. The van der Waals surface area contributed by atoms with Crippen LogP contribution in [-0.4, -0.2) is 51.2 Å². The van der Waals surface area contributed by atoms with Crippen LogP contribution in [-0.2, 0) is 37.2 Å². The van der Waals surface area contributed by atoms with E-state index in [0.717, 1.165) is 5.56 Å². The fourth-order valence-corrected chi connectivity index (χ4v) is 6.67. The first kappa shape index (κ1) is 32.0. The molecule has 0 aliphatic carbocycles. The number of carbonyl (C=O) groups excluding carboxylic acids is 2. The minimum atomic E-state index is -3.82. The molecule has 1 amide bonds. The lowest BCUT2D eigenvalue weighted by Crippen LogP contribution is -2.44. The molecule has 1 aliphatic rings. The van der Waals surface area contributed by atoms with Gasteiger partial charge in [-0.3, -0.25) is 4.79 Å². The van der Waals surface area contributed by atoms with Crippen LogP contribution in [0.15, 0.2) is 88.7 Å². The number of hydrogen-bond donors (Lipinski definition) is 1. The molecule has 1 aliphatic heterocycles. The number of hydroxylamine groups is 1. The Balaban J connectivity index is 1.43. The van der Waals surface area contributed by atoms with Crippen molar-refractivity contribution in [2.24, 2.45) is 11.8 Å². The zero-order chi connectivity index (χ0) is 31.0. The largest absolute Gasteiger partial charge is 0.497 e. The van der Waals surface area contributed by atoms with Gasteiger partial charge in [0.25, 0.3) is 0 Å². The Kier molecular flexibility index (Phi) is 10.5. The quantitative estimate of drug-likeness (QED) is 0.297. The first-order chi connectivity index (χ1) is 20.5. The van der Waals surface area contributed by atoms with Gasteiger partial charge in [-0.25, -0.2) is 13.2 Å². The first-order valence-electron chi connectivity index (χ1n) is 14.4. The van der Waals surface area contributed by atoms with Crippen LogP contribution in [0.4, 0.5) is 4.79 Å². The lowest BCUT2D eigenvalue weighted by molar-refractivity contribution is -0.159. The molecule has 0 unspecified atom stereocenters. The van der Waals surface area contributed by atoms with Gasteiger partial charge in [0, 0.05) is 13.1 Å². The van der Waals surface area contributed by atoms with Gasteiger partial charge in [0.05, 0.1) is 29.4 Å². The third kappa shape index (κ3) is 8.58. The van der Waals surface area contributed by atoms with E-state index in [0.29, 0.717) is 43.7 Å². The van der Waals surface area contributed by atoms with Gasteiger partial charge in [-0.05, 0) is 87.4 Å². The van der Waals surface area contributed by atoms with Gasteiger partial charge in [-0.2, -0.15) is 0 Å². The number of rotatable bonds is 10. The molecule has 10 heteroatoms. The number of benzene rings is 3. The number of hydrogen-bond acceptors (Lipinski definition) is 8. The Bertz CT molecular complexity index is 1480. The first-order valence-corrected chi connectivity index (χ1v) is 15.9. The van der Waals surface area contributed by atoms with Crippen molar-refractivity contribution in [1.29, 1.82) is 0 Å². The van der Waals surface area contributed by atoms with E-state index >= 15 is 0 Å². The van der Waals surface area contributed by atoms with E-state index in [2.05, 4.69) is 5.48 Å². The molecule has 230 valence electrons. The number of nitrogens with zero attached hydrogens (tertiary/aromatic N) is 1. The van der Waals surface area contributed by atoms with Crippen molar-refractivity contribution in [3.05, 3.63) is 90.0 Å². The maximum absolute atomic E-state index is 13.5. The Morgan fingerprint density at radius 2 is 1.56 bits per heavy atom. The molecule has 0 aromatic heterocycles. The molecule has 1 atom stereocenters. The van der Waals surface area contributed by atoms with Crippen molar-refractivity contribution < 1.29 is 32.3 Å². The lowest BCUT2D eigenvalue weighted by Gasteiger charge is -2.36. The van der Waals surface area contributed by atoms with Gasteiger partial charge < -0.3 is 19.2 Å². The van der Waals surface area contributed by atoms with Crippen molar-refractivity contribution in [2.75, 3.05) is 20.2 Å². The van der Waals surface area contributed by atoms with Crippen molar-refractivity contribution in [1.82, 2.24) is 10.4 Å². The standard InChI is InChI=1S/C33H40N2O7S/c1-33(2,3)41-32(37)35-20-18-25(19-21-35)29(22-24-10-6-5-7-11-24)31(36)42-34-23-26-12-8-9-13-30(26)43(38,39)28-16-14-27(40-4)15-17-28/h5-17,25,29,34H,18-23H2,1-4H3/t29-/m1/s1. The number of nitrogens with one attached hydrogen (secondary N) is 1. The van der Waals surface area contributed by atoms with Gasteiger partial charge in [0.1, 0.15) is 11.4 Å². The van der Waals surface area contributed by atoms with Crippen LogP contribution in [0.1, 0.15) is 44.7 Å². The Hall–Kier alpha value is -3.89. The molecule has 0 saturated carbocycles. The molecule has 1 heterocycles. The van der Waals surface area contributed by atoms with E-state index in [9.17, 15) is 18.0 Å². The second-order valence-electron chi connectivity index (χ2n) is 11.6. The molecule has 1 fully saturated rings. The van der Waals surface area contributed by atoms with E-state index in [-0.39, 0.29) is 28.3 Å². The summed E-state index contributed by atoms with van der Waals surface area (Å²) in [7, 11) is -2.30. The summed E-state index contributed by atoms with van der Waals surface area (Å²) in [6.07, 6.45) is 1.41. The van der Waals surface area contributed by atoms with E-state index in [1.54, 1.807) is 35.2 Å². The van der Waals surface area contributed by atoms with Crippen LogP contribution in [0, 0.1) is 11.8 Å². The SMILES string of the molecule is COc1ccc(S(=O)(=O)c2ccccc2CNOC(=O)[C@H](Cc2ccccc2)C2CCN(C(=O)OC(C)(C)C)CC2)cc1. The highest BCUT2D eigenvalue weighted by atomic mass is 32.2. The van der Waals surface area contributed by atoms with Crippen molar-refractivity contribution >= 4 is 21.9 Å². The predicted molar refractivity (Wildman–Crippen MR) is 162 cm³/mol. The van der Waals surface area contributed by atoms with Gasteiger partial charge in [-0.1, -0.05) is 48.5 Å². The molecule has 1 N–H and O–H groups in total. The van der Waals surface area contributed by atoms with Crippen LogP contribution < -0.4 is 10.2 Å². The summed E-state index contributed by atoms with van der Waals surface area (Å²) in [6, 6.07) is 22.6. The third-order valence-electron chi connectivity index (χ3n) is 7.43. The fraction of sp³-hybridized carbons (Fsp3) is 0.394. The number of ether oxygens (including phenoxy) is 2. The van der Waals surface area contributed by atoms with Gasteiger partial charge >= 0.3 is 12.1 Å². The maximum atomic E-state index is 13.5. The lowest BCUT2D eigenvalue weighted by atomic mass is 9.81. The zero-order valence-corrected chi connectivity index (χ0v) is 25.9. The number of carbonyl (C=O) groups is 2. The minimum Gasteiger partial charge on any atom is -0.497 e. The number of sulfone groups is 1. The van der Waals surface area contributed by atoms with Crippen LogP contribution in [0.25, 0.3) is 0 Å². The van der Waals surface area contributed by atoms with Gasteiger partial charge in [0.2, 0.25) is 9.84 Å². The fourth-order valence-electron chi connectivity index (χ4n) is 5.18. The Labute approximate surface area is 254 Å². The van der Waals surface area contributed by atoms with E-state index in [4.69, 9.17) is 14.3 Å². The smallest absolute Gasteiger partial charge is 0.410 e. The topological polar surface area (TPSA) is 111 Å². The molecule has 4 rings (SSSR count). The van der Waals surface area contributed by atoms with Gasteiger partial charge in [-0.15, -0.1) is 5.48 Å². The summed E-state index contributed by atoms with van der Waals surface area (Å²) >= 11 is 0. The average Bonchev–Trinajstić information content (AvgIpc) is 3.00. The summed E-state index contributed by atoms with van der Waals surface area (Å²) in [4.78, 5) is 33.6. The average molecular weight is 609 g/mol. The predicted octanol–water partition coefficient (Wildman–Crippen LogP) is 5.58. The highest BCUT2D eigenvalue weighted by molar-refractivity contribution is 7.91. The second kappa shape index (κ2) is 14.1. The third-order valence-corrected chi connectivity index (χ3v) is 9.30. The highest BCUT2D eigenvalue weighted by Gasteiger charge is 2.35. The second-order valence-corrected chi connectivity index (χ2v) is 13.5. The molecular formula is C33H40N2O7S. The molecule has 0 radical (unpaired) electrons. The van der Waals surface area contributed by atoms with E-state index in [1.165, 1.54) is 25.3 Å². The highest BCUT2D eigenvalue weighted by Crippen LogP contribution is 2.30. The van der Waals surface area contributed by atoms with E-state index < -0.39 is 27.3 Å². The van der Waals surface area contributed by atoms with Crippen molar-refractivity contribution in [3.63, 3.8) is 0 Å². The van der Waals surface area contributed by atoms with Crippen molar-refractivity contribution in [3.8, 4) is 5.75 Å². The van der Waals surface area contributed by atoms with E-state index in [1.807, 2.05) is 51.1 Å². The number of likely N-dealkylation sites (tertiary alicyclic amines) is 1. The van der Waals surface area contributed by atoms with Crippen LogP contribution in [0.3, 0.4) is 0 Å². The van der Waals surface area contributed by atoms with Crippen LogP contribution >= 0.6 is 0 Å². The molecule has 43 heavy (non-hydrogen) atoms.